The Labute approximate surface area is 160 Å². The molecule has 1 saturated carbocycles. The standard InChI is InChI=1S/C21H27N5O/c1-15-2-6-18(7-3-15)25-19-12-20(24-14-23-19)26-10-8-17(9-11-26)21(27)22-13-16-4-5-16/h2-3,6-7,12,14,16-17H,4-5,8-11,13H2,1H3,(H,22,27)(H,23,24,25). The van der Waals surface area contributed by atoms with Gasteiger partial charge >= 0.3 is 0 Å². The Kier molecular flexibility index (Phi) is 5.23. The molecule has 2 fully saturated rings. The quantitative estimate of drug-likeness (QED) is 0.822. The summed E-state index contributed by atoms with van der Waals surface area (Å²) in [6.45, 7) is 4.63. The van der Waals surface area contributed by atoms with Crippen molar-refractivity contribution in [2.24, 2.45) is 11.8 Å². The van der Waals surface area contributed by atoms with Crippen molar-refractivity contribution in [1.29, 1.82) is 0 Å². The fourth-order valence-electron chi connectivity index (χ4n) is 3.46. The molecule has 142 valence electrons. The van der Waals surface area contributed by atoms with Crippen LogP contribution in [0, 0.1) is 18.8 Å². The second kappa shape index (κ2) is 7.94. The van der Waals surface area contributed by atoms with Crippen LogP contribution in [0.4, 0.5) is 17.3 Å². The average molecular weight is 365 g/mol. The summed E-state index contributed by atoms with van der Waals surface area (Å²) in [4.78, 5) is 23.3. The average Bonchev–Trinajstić information content (AvgIpc) is 3.53. The van der Waals surface area contributed by atoms with E-state index in [2.05, 4.69) is 44.6 Å². The summed E-state index contributed by atoms with van der Waals surface area (Å²) in [6, 6.07) is 10.2. The van der Waals surface area contributed by atoms with Crippen molar-refractivity contribution in [1.82, 2.24) is 15.3 Å². The number of nitrogens with zero attached hydrogens (tertiary/aromatic N) is 3. The first kappa shape index (κ1) is 17.8. The Morgan fingerprint density at radius 1 is 1.11 bits per heavy atom. The van der Waals surface area contributed by atoms with E-state index in [1.54, 1.807) is 6.33 Å². The molecule has 6 heteroatoms. The lowest BCUT2D eigenvalue weighted by Crippen LogP contribution is -2.41. The number of hydrogen-bond acceptors (Lipinski definition) is 5. The van der Waals surface area contributed by atoms with Crippen LogP contribution in [0.15, 0.2) is 36.7 Å². The molecule has 0 spiro atoms. The van der Waals surface area contributed by atoms with Gasteiger partial charge in [0.05, 0.1) is 0 Å². The van der Waals surface area contributed by atoms with E-state index in [1.807, 2.05) is 18.2 Å². The Balaban J connectivity index is 1.32. The molecule has 27 heavy (non-hydrogen) atoms. The van der Waals surface area contributed by atoms with Crippen LogP contribution in [0.1, 0.15) is 31.2 Å². The van der Waals surface area contributed by atoms with E-state index in [1.165, 1.54) is 18.4 Å². The van der Waals surface area contributed by atoms with E-state index >= 15 is 0 Å². The first-order chi connectivity index (χ1) is 13.2. The normalized spacial score (nSPS) is 17.6. The monoisotopic (exact) mass is 365 g/mol. The van der Waals surface area contributed by atoms with Crippen molar-refractivity contribution >= 4 is 23.2 Å². The summed E-state index contributed by atoms with van der Waals surface area (Å²) in [5.74, 6) is 2.79. The summed E-state index contributed by atoms with van der Waals surface area (Å²) < 4.78 is 0. The highest BCUT2D eigenvalue weighted by molar-refractivity contribution is 5.79. The van der Waals surface area contributed by atoms with Gasteiger partial charge < -0.3 is 15.5 Å². The molecule has 6 nitrogen and oxygen atoms in total. The number of aryl methyl sites for hydroxylation is 1. The Morgan fingerprint density at radius 3 is 2.56 bits per heavy atom. The van der Waals surface area contributed by atoms with Crippen molar-refractivity contribution < 1.29 is 4.79 Å². The maximum atomic E-state index is 12.3. The maximum absolute atomic E-state index is 12.3. The molecule has 0 unspecified atom stereocenters. The highest BCUT2D eigenvalue weighted by Crippen LogP contribution is 2.28. The van der Waals surface area contributed by atoms with E-state index in [0.29, 0.717) is 0 Å². The van der Waals surface area contributed by atoms with Crippen LogP contribution in [0.2, 0.25) is 0 Å². The number of hydrogen-bond donors (Lipinski definition) is 2. The lowest BCUT2D eigenvalue weighted by Gasteiger charge is -2.32. The van der Waals surface area contributed by atoms with Crippen LogP contribution in [0.25, 0.3) is 0 Å². The predicted molar refractivity (Wildman–Crippen MR) is 107 cm³/mol. The number of piperidine rings is 1. The molecule has 1 aromatic heterocycles. The smallest absolute Gasteiger partial charge is 0.223 e. The Morgan fingerprint density at radius 2 is 1.85 bits per heavy atom. The molecular formula is C21H27N5O. The third-order valence-corrected chi connectivity index (χ3v) is 5.43. The van der Waals surface area contributed by atoms with Gasteiger partial charge in [-0.1, -0.05) is 17.7 Å². The van der Waals surface area contributed by atoms with E-state index in [9.17, 15) is 4.79 Å². The molecule has 0 radical (unpaired) electrons. The van der Waals surface area contributed by atoms with Crippen LogP contribution < -0.4 is 15.5 Å². The van der Waals surface area contributed by atoms with Gasteiger partial charge in [-0.2, -0.15) is 0 Å². The first-order valence-electron chi connectivity index (χ1n) is 9.86. The van der Waals surface area contributed by atoms with Crippen LogP contribution in [0.5, 0.6) is 0 Å². The van der Waals surface area contributed by atoms with E-state index in [0.717, 1.165) is 55.7 Å². The molecule has 1 aromatic carbocycles. The number of benzene rings is 1. The number of rotatable bonds is 6. The third kappa shape index (κ3) is 4.76. The van der Waals surface area contributed by atoms with E-state index in [4.69, 9.17) is 0 Å². The van der Waals surface area contributed by atoms with Crippen molar-refractivity contribution in [3.63, 3.8) is 0 Å². The van der Waals surface area contributed by atoms with Gasteiger partial charge in [-0.05, 0) is 50.7 Å². The van der Waals surface area contributed by atoms with Crippen LogP contribution >= 0.6 is 0 Å². The van der Waals surface area contributed by atoms with Gasteiger partial charge in [0.1, 0.15) is 18.0 Å². The Hall–Kier alpha value is -2.63. The number of carbonyl (C=O) groups is 1. The zero-order valence-corrected chi connectivity index (χ0v) is 15.8. The summed E-state index contributed by atoms with van der Waals surface area (Å²) in [7, 11) is 0. The number of nitrogens with one attached hydrogen (secondary N) is 2. The van der Waals surface area contributed by atoms with Gasteiger partial charge in [0.15, 0.2) is 0 Å². The first-order valence-corrected chi connectivity index (χ1v) is 9.86. The van der Waals surface area contributed by atoms with Gasteiger partial charge in [-0.25, -0.2) is 9.97 Å². The molecule has 1 saturated heterocycles. The van der Waals surface area contributed by atoms with Gasteiger partial charge in [-0.15, -0.1) is 0 Å². The van der Waals surface area contributed by atoms with Crippen molar-refractivity contribution in [3.8, 4) is 0 Å². The predicted octanol–water partition coefficient (Wildman–Crippen LogP) is 3.27. The summed E-state index contributed by atoms with van der Waals surface area (Å²) in [6.07, 6.45) is 5.89. The summed E-state index contributed by atoms with van der Waals surface area (Å²) in [5.41, 5.74) is 2.24. The highest BCUT2D eigenvalue weighted by Gasteiger charge is 2.27. The number of anilines is 3. The minimum atomic E-state index is 0.131. The molecule has 1 amide bonds. The van der Waals surface area contributed by atoms with Gasteiger partial charge in [0, 0.05) is 37.3 Å². The van der Waals surface area contributed by atoms with Gasteiger partial charge in [-0.3, -0.25) is 4.79 Å². The number of carbonyl (C=O) groups excluding carboxylic acids is 1. The third-order valence-electron chi connectivity index (χ3n) is 5.43. The van der Waals surface area contributed by atoms with Crippen molar-refractivity contribution in [3.05, 3.63) is 42.2 Å². The zero-order chi connectivity index (χ0) is 18.6. The lowest BCUT2D eigenvalue weighted by atomic mass is 9.96. The fourth-order valence-corrected chi connectivity index (χ4v) is 3.46. The van der Waals surface area contributed by atoms with Gasteiger partial charge in [0.2, 0.25) is 5.91 Å². The number of amides is 1. The Bertz CT molecular complexity index is 779. The van der Waals surface area contributed by atoms with Crippen LogP contribution in [-0.4, -0.2) is 35.5 Å². The van der Waals surface area contributed by atoms with Crippen LogP contribution in [-0.2, 0) is 4.79 Å². The molecule has 2 N–H and O–H groups in total. The van der Waals surface area contributed by atoms with Crippen LogP contribution in [0.3, 0.4) is 0 Å². The van der Waals surface area contributed by atoms with E-state index < -0.39 is 0 Å². The second-order valence-corrected chi connectivity index (χ2v) is 7.70. The lowest BCUT2D eigenvalue weighted by molar-refractivity contribution is -0.125. The number of aromatic nitrogens is 2. The largest absolute Gasteiger partial charge is 0.356 e. The highest BCUT2D eigenvalue weighted by atomic mass is 16.1. The SMILES string of the molecule is Cc1ccc(Nc2cc(N3CCC(C(=O)NCC4CC4)CC3)ncn2)cc1. The summed E-state index contributed by atoms with van der Waals surface area (Å²) in [5, 5.41) is 6.45. The second-order valence-electron chi connectivity index (χ2n) is 7.70. The fraction of sp³-hybridized carbons (Fsp3) is 0.476. The molecule has 0 atom stereocenters. The molecule has 0 bridgehead atoms. The molecule has 1 aliphatic heterocycles. The molecule has 4 rings (SSSR count). The minimum Gasteiger partial charge on any atom is -0.356 e. The van der Waals surface area contributed by atoms with E-state index in [-0.39, 0.29) is 11.8 Å². The minimum absolute atomic E-state index is 0.131. The molecular weight excluding hydrogens is 338 g/mol. The zero-order valence-electron chi connectivity index (χ0n) is 15.8. The molecule has 1 aliphatic carbocycles. The summed E-state index contributed by atoms with van der Waals surface area (Å²) >= 11 is 0. The molecule has 2 aliphatic rings. The molecule has 2 heterocycles. The molecule has 2 aromatic rings. The van der Waals surface area contributed by atoms with Crippen molar-refractivity contribution in [2.75, 3.05) is 29.9 Å². The maximum Gasteiger partial charge on any atom is 0.223 e. The van der Waals surface area contributed by atoms with Gasteiger partial charge in [0.25, 0.3) is 0 Å². The topological polar surface area (TPSA) is 70.2 Å². The van der Waals surface area contributed by atoms with Crippen molar-refractivity contribution in [2.45, 2.75) is 32.6 Å².